The molecule has 3 aromatic carbocycles. The number of rotatable bonds is 8. The van der Waals surface area contributed by atoms with Crippen LogP contribution in [0.25, 0.3) is 0 Å². The van der Waals surface area contributed by atoms with E-state index in [1.807, 2.05) is 76.2 Å². The monoisotopic (exact) mass is 559 g/mol. The van der Waals surface area contributed by atoms with Crippen molar-refractivity contribution in [2.75, 3.05) is 5.32 Å². The maximum atomic E-state index is 14.5. The van der Waals surface area contributed by atoms with Crippen molar-refractivity contribution in [2.24, 2.45) is 0 Å². The highest BCUT2D eigenvalue weighted by Gasteiger charge is 2.43. The molecule has 0 bridgehead atoms. The Hall–Kier alpha value is -4.33. The molecule has 2 unspecified atom stereocenters. The molecule has 218 valence electrons. The summed E-state index contributed by atoms with van der Waals surface area (Å²) in [5.41, 5.74) is 0.834. The third-order valence-corrected chi connectivity index (χ3v) is 6.37. The third kappa shape index (κ3) is 8.58. The Morgan fingerprint density at radius 1 is 0.854 bits per heavy atom. The van der Waals surface area contributed by atoms with Gasteiger partial charge in [0.1, 0.15) is 23.4 Å². The zero-order chi connectivity index (χ0) is 30.4. The number of amides is 3. The molecule has 0 aliphatic carbocycles. The van der Waals surface area contributed by atoms with E-state index >= 15 is 0 Å². The summed E-state index contributed by atoms with van der Waals surface area (Å²) in [4.78, 5) is 43.0. The van der Waals surface area contributed by atoms with Gasteiger partial charge in [-0.2, -0.15) is 0 Å². The molecular weight excluding hydrogens is 518 g/mol. The fourth-order valence-electron chi connectivity index (χ4n) is 4.54. The molecule has 0 saturated heterocycles. The minimum atomic E-state index is -1.22. The first-order valence-corrected chi connectivity index (χ1v) is 13.7. The number of anilines is 1. The number of carbonyl (C=O) groups excluding carboxylic acids is 3. The van der Waals surface area contributed by atoms with E-state index in [1.165, 1.54) is 11.0 Å². The maximum absolute atomic E-state index is 14.5. The molecular formula is C33H41N3O5. The zero-order valence-corrected chi connectivity index (χ0v) is 24.9. The van der Waals surface area contributed by atoms with E-state index in [4.69, 9.17) is 4.74 Å². The Morgan fingerprint density at radius 3 is 2.02 bits per heavy atom. The molecule has 3 rings (SSSR count). The summed E-state index contributed by atoms with van der Waals surface area (Å²) in [5, 5.41) is 16.6. The second-order valence-electron chi connectivity index (χ2n) is 12.0. The number of benzene rings is 3. The molecule has 2 atom stereocenters. The summed E-state index contributed by atoms with van der Waals surface area (Å²) in [5.74, 6) is -1.13. The van der Waals surface area contributed by atoms with Gasteiger partial charge in [-0.25, -0.2) is 4.79 Å². The largest absolute Gasteiger partial charge is 0.508 e. The molecule has 0 aliphatic rings. The topological polar surface area (TPSA) is 108 Å². The number of aryl methyl sites for hydroxylation is 1. The van der Waals surface area contributed by atoms with Crippen LogP contribution in [0.1, 0.15) is 64.3 Å². The Labute approximate surface area is 242 Å². The summed E-state index contributed by atoms with van der Waals surface area (Å²) in [7, 11) is 0. The number of nitrogens with one attached hydrogen (secondary N) is 2. The van der Waals surface area contributed by atoms with Crippen molar-refractivity contribution in [3.05, 3.63) is 95.6 Å². The number of para-hydroxylation sites is 2. The van der Waals surface area contributed by atoms with E-state index in [1.54, 1.807) is 45.0 Å². The van der Waals surface area contributed by atoms with E-state index < -0.39 is 41.1 Å². The standard InChI is InChI=1S/C33H41N3O5/c1-22-15-11-13-19-25(22)34-29(38)28(24-18-12-14-20-27(24)37)36(32(2,3)4)30(39)26(21-23-16-9-8-10-17-23)35-31(40)41-33(5,6)7/h8-20,26,28,37H,21H2,1-7H3,(H,34,38)(H,35,40). The average molecular weight is 560 g/mol. The highest BCUT2D eigenvalue weighted by Crippen LogP contribution is 2.35. The molecule has 41 heavy (non-hydrogen) atoms. The van der Waals surface area contributed by atoms with Gasteiger partial charge in [-0.3, -0.25) is 9.59 Å². The van der Waals surface area contributed by atoms with Crippen LogP contribution in [0, 0.1) is 6.92 Å². The van der Waals surface area contributed by atoms with E-state index in [0.29, 0.717) is 5.69 Å². The first-order chi connectivity index (χ1) is 19.2. The van der Waals surface area contributed by atoms with Crippen LogP contribution in [-0.2, 0) is 20.7 Å². The number of alkyl carbamates (subject to hydrolysis) is 1. The van der Waals surface area contributed by atoms with Gasteiger partial charge in [0.2, 0.25) is 5.91 Å². The summed E-state index contributed by atoms with van der Waals surface area (Å²) in [6.07, 6.45) is -0.581. The van der Waals surface area contributed by atoms with Crippen LogP contribution in [0.5, 0.6) is 5.75 Å². The number of hydrogen-bond acceptors (Lipinski definition) is 5. The van der Waals surface area contributed by atoms with Gasteiger partial charge >= 0.3 is 6.09 Å². The van der Waals surface area contributed by atoms with Gasteiger partial charge < -0.3 is 25.4 Å². The zero-order valence-electron chi connectivity index (χ0n) is 24.9. The lowest BCUT2D eigenvalue weighted by atomic mass is 9.93. The molecule has 0 fully saturated rings. The first kappa shape index (κ1) is 31.2. The number of nitrogens with zero attached hydrogens (tertiary/aromatic N) is 1. The van der Waals surface area contributed by atoms with Gasteiger partial charge in [0.25, 0.3) is 5.91 Å². The number of ether oxygens (including phenoxy) is 1. The SMILES string of the molecule is Cc1ccccc1NC(=O)C(c1ccccc1O)N(C(=O)C(Cc1ccccc1)NC(=O)OC(C)(C)C)C(C)(C)C. The number of phenolic OH excluding ortho intramolecular Hbond substituents is 1. The Bertz CT molecular complexity index is 1360. The molecule has 0 spiro atoms. The van der Waals surface area contributed by atoms with E-state index in [-0.39, 0.29) is 17.7 Å². The molecule has 8 heteroatoms. The number of phenols is 1. The molecule has 0 aromatic heterocycles. The Balaban J connectivity index is 2.12. The third-order valence-electron chi connectivity index (χ3n) is 6.37. The second-order valence-corrected chi connectivity index (χ2v) is 12.0. The lowest BCUT2D eigenvalue weighted by Gasteiger charge is -2.43. The van der Waals surface area contributed by atoms with Gasteiger partial charge in [0.15, 0.2) is 0 Å². The Kier molecular flexibility index (Phi) is 9.81. The molecule has 8 nitrogen and oxygen atoms in total. The van der Waals surface area contributed by atoms with Gasteiger partial charge in [-0.1, -0.05) is 66.7 Å². The average Bonchev–Trinajstić information content (AvgIpc) is 2.87. The minimum Gasteiger partial charge on any atom is -0.508 e. The van der Waals surface area contributed by atoms with Crippen LogP contribution in [-0.4, -0.2) is 45.1 Å². The molecule has 0 radical (unpaired) electrons. The fraction of sp³-hybridized carbons (Fsp3) is 0.364. The molecule has 3 aromatic rings. The quantitative estimate of drug-likeness (QED) is 0.307. The minimum absolute atomic E-state index is 0.126. The highest BCUT2D eigenvalue weighted by molar-refractivity contribution is 6.00. The summed E-state index contributed by atoms with van der Waals surface area (Å²) in [6.45, 7) is 12.5. The van der Waals surface area contributed by atoms with Crippen molar-refractivity contribution in [3.63, 3.8) is 0 Å². The number of hydrogen-bond donors (Lipinski definition) is 3. The van der Waals surface area contributed by atoms with E-state index in [9.17, 15) is 19.5 Å². The normalized spacial score (nSPS) is 13.0. The maximum Gasteiger partial charge on any atom is 0.408 e. The predicted octanol–water partition coefficient (Wildman–Crippen LogP) is 6.14. The van der Waals surface area contributed by atoms with Gasteiger partial charge in [0.05, 0.1) is 0 Å². The summed E-state index contributed by atoms with van der Waals surface area (Å²) >= 11 is 0. The van der Waals surface area contributed by atoms with Crippen molar-refractivity contribution in [3.8, 4) is 5.75 Å². The lowest BCUT2D eigenvalue weighted by Crippen LogP contribution is -2.58. The van der Waals surface area contributed by atoms with Crippen LogP contribution >= 0.6 is 0 Å². The molecule has 0 heterocycles. The fourth-order valence-corrected chi connectivity index (χ4v) is 4.54. The molecule has 0 saturated carbocycles. The van der Waals surface area contributed by atoms with E-state index in [2.05, 4.69) is 10.6 Å². The second kappa shape index (κ2) is 12.9. The van der Waals surface area contributed by atoms with Crippen molar-refractivity contribution in [2.45, 2.75) is 78.1 Å². The van der Waals surface area contributed by atoms with Crippen molar-refractivity contribution < 1.29 is 24.2 Å². The lowest BCUT2D eigenvalue weighted by molar-refractivity contribution is -0.146. The Morgan fingerprint density at radius 2 is 1.44 bits per heavy atom. The van der Waals surface area contributed by atoms with Crippen LogP contribution in [0.15, 0.2) is 78.9 Å². The molecule has 3 N–H and O–H groups in total. The first-order valence-electron chi connectivity index (χ1n) is 13.7. The smallest absolute Gasteiger partial charge is 0.408 e. The summed E-state index contributed by atoms with van der Waals surface area (Å²) < 4.78 is 5.49. The van der Waals surface area contributed by atoms with Crippen LogP contribution < -0.4 is 10.6 Å². The molecule has 3 amide bonds. The highest BCUT2D eigenvalue weighted by atomic mass is 16.6. The van der Waals surface area contributed by atoms with Crippen molar-refractivity contribution in [1.82, 2.24) is 10.2 Å². The van der Waals surface area contributed by atoms with Gasteiger partial charge in [-0.05, 0) is 71.7 Å². The predicted molar refractivity (Wildman–Crippen MR) is 161 cm³/mol. The van der Waals surface area contributed by atoms with Crippen LogP contribution in [0.3, 0.4) is 0 Å². The van der Waals surface area contributed by atoms with Crippen LogP contribution in [0.4, 0.5) is 10.5 Å². The summed E-state index contributed by atoms with van der Waals surface area (Å²) in [6, 6.07) is 20.8. The number of aromatic hydroxyl groups is 1. The van der Waals surface area contributed by atoms with Crippen molar-refractivity contribution in [1.29, 1.82) is 0 Å². The molecule has 0 aliphatic heterocycles. The van der Waals surface area contributed by atoms with Gasteiger partial charge in [0, 0.05) is 23.2 Å². The van der Waals surface area contributed by atoms with E-state index in [0.717, 1.165) is 11.1 Å². The van der Waals surface area contributed by atoms with Gasteiger partial charge in [-0.15, -0.1) is 0 Å². The number of carbonyl (C=O) groups is 3. The van der Waals surface area contributed by atoms with Crippen molar-refractivity contribution >= 4 is 23.6 Å². The van der Waals surface area contributed by atoms with Crippen LogP contribution in [0.2, 0.25) is 0 Å².